The Kier molecular flexibility index (Phi) is 6.55. The number of thiophene rings is 1. The Labute approximate surface area is 151 Å². The molecule has 1 heterocycles. The molecule has 1 aromatic heterocycles. The van der Waals surface area contributed by atoms with Crippen LogP contribution < -0.4 is 10.6 Å². The predicted octanol–water partition coefficient (Wildman–Crippen LogP) is 3.36. The van der Waals surface area contributed by atoms with Gasteiger partial charge in [0.1, 0.15) is 11.1 Å². The smallest absolute Gasteiger partial charge is 0.314 e. The molecule has 0 aliphatic carbocycles. The van der Waals surface area contributed by atoms with Gasteiger partial charge in [0.15, 0.2) is 9.84 Å². The molecule has 0 bridgehead atoms. The Morgan fingerprint density at radius 1 is 1.12 bits per heavy atom. The molecule has 1 atom stereocenters. The zero-order valence-electron chi connectivity index (χ0n) is 14.0. The number of benzene rings is 1. The fraction of sp³-hybridized carbons (Fsp3) is 0.353. The maximum Gasteiger partial charge on any atom is 0.314 e. The van der Waals surface area contributed by atoms with E-state index in [1.807, 2.05) is 13.8 Å². The molecule has 1 unspecified atom stereocenters. The monoisotopic (exact) mass is 384 g/mol. The molecule has 0 aliphatic heterocycles. The Morgan fingerprint density at radius 2 is 1.76 bits per heavy atom. The van der Waals surface area contributed by atoms with Gasteiger partial charge in [-0.2, -0.15) is 0 Å². The summed E-state index contributed by atoms with van der Waals surface area (Å²) >= 11 is 1.30. The van der Waals surface area contributed by atoms with Gasteiger partial charge in [0.25, 0.3) is 0 Å². The highest BCUT2D eigenvalue weighted by molar-refractivity contribution is 7.91. The first kappa shape index (κ1) is 19.4. The Hall–Kier alpha value is -1.93. The lowest BCUT2D eigenvalue weighted by Crippen LogP contribution is -2.40. The van der Waals surface area contributed by atoms with Crippen molar-refractivity contribution in [2.45, 2.75) is 24.0 Å². The van der Waals surface area contributed by atoms with Gasteiger partial charge < -0.3 is 10.6 Å². The number of hydrogen-bond donors (Lipinski definition) is 2. The third-order valence-corrected chi connectivity index (χ3v) is 6.73. The molecule has 2 amide bonds. The second-order valence-electron chi connectivity index (χ2n) is 5.99. The van der Waals surface area contributed by atoms with E-state index in [4.69, 9.17) is 0 Å². The van der Waals surface area contributed by atoms with Crippen LogP contribution >= 0.6 is 11.3 Å². The first-order valence-corrected chi connectivity index (χ1v) is 10.3. The molecule has 136 valence electrons. The molecule has 2 rings (SSSR count). The minimum absolute atomic E-state index is 0.0247. The number of halogens is 1. The summed E-state index contributed by atoms with van der Waals surface area (Å²) in [5.41, 5.74) is 0. The van der Waals surface area contributed by atoms with Crippen molar-refractivity contribution in [1.82, 2.24) is 10.6 Å². The van der Waals surface area contributed by atoms with Crippen LogP contribution in [-0.2, 0) is 9.84 Å². The molecule has 0 aliphatic rings. The number of hydrogen-bond acceptors (Lipinski definition) is 4. The molecule has 0 saturated carbocycles. The van der Waals surface area contributed by atoms with Gasteiger partial charge in [-0.05, 0) is 41.6 Å². The van der Waals surface area contributed by atoms with Crippen LogP contribution in [0.1, 0.15) is 24.0 Å². The molecule has 0 saturated heterocycles. The molecule has 1 aromatic carbocycles. The second kappa shape index (κ2) is 8.44. The number of carbonyl (C=O) groups excluding carboxylic acids is 1. The summed E-state index contributed by atoms with van der Waals surface area (Å²) in [6, 6.07) is 7.76. The van der Waals surface area contributed by atoms with E-state index in [-0.39, 0.29) is 11.4 Å². The largest absolute Gasteiger partial charge is 0.338 e. The van der Waals surface area contributed by atoms with Crippen molar-refractivity contribution in [3.63, 3.8) is 0 Å². The van der Waals surface area contributed by atoms with Crippen molar-refractivity contribution >= 4 is 27.2 Å². The van der Waals surface area contributed by atoms with E-state index in [0.717, 1.165) is 12.1 Å². The van der Waals surface area contributed by atoms with Gasteiger partial charge in [-0.15, -0.1) is 11.3 Å². The predicted molar refractivity (Wildman–Crippen MR) is 96.9 cm³/mol. The molecule has 8 heteroatoms. The van der Waals surface area contributed by atoms with Crippen molar-refractivity contribution < 1.29 is 17.6 Å². The summed E-state index contributed by atoms with van der Waals surface area (Å²) in [4.78, 5) is 12.5. The molecule has 2 N–H and O–H groups in total. The molecular formula is C17H21FN2O3S2. The highest BCUT2D eigenvalue weighted by Gasteiger charge is 2.30. The Bertz CT molecular complexity index is 788. The molecule has 2 aromatic rings. The van der Waals surface area contributed by atoms with E-state index >= 15 is 0 Å². The van der Waals surface area contributed by atoms with E-state index in [1.54, 1.807) is 17.5 Å². The van der Waals surface area contributed by atoms with Gasteiger partial charge in [-0.1, -0.05) is 19.9 Å². The lowest BCUT2D eigenvalue weighted by atomic mass is 10.2. The van der Waals surface area contributed by atoms with E-state index < -0.39 is 26.9 Å². The number of amides is 2. The highest BCUT2D eigenvalue weighted by atomic mass is 32.2. The third-order valence-electron chi connectivity index (χ3n) is 3.50. The number of nitrogens with one attached hydrogen (secondary N) is 2. The standard InChI is InChI=1S/C17H21FN2O3S2/c1-12(2)10-19-17(21)20-11-16(15-4-3-9-24-15)25(22,23)14-7-5-13(18)6-8-14/h3-9,12,16H,10-11H2,1-2H3,(H2,19,20,21). The van der Waals surface area contributed by atoms with E-state index in [0.29, 0.717) is 17.3 Å². The van der Waals surface area contributed by atoms with Crippen molar-refractivity contribution in [3.8, 4) is 0 Å². The average Bonchev–Trinajstić information content (AvgIpc) is 3.07. The molecule has 0 spiro atoms. The SMILES string of the molecule is CC(C)CNC(=O)NCC(c1cccs1)S(=O)(=O)c1ccc(F)cc1. The minimum Gasteiger partial charge on any atom is -0.338 e. The number of sulfone groups is 1. The fourth-order valence-corrected chi connectivity index (χ4v) is 4.96. The first-order chi connectivity index (χ1) is 11.8. The molecule has 25 heavy (non-hydrogen) atoms. The average molecular weight is 384 g/mol. The molecule has 0 fully saturated rings. The van der Waals surface area contributed by atoms with Crippen LogP contribution in [0, 0.1) is 11.7 Å². The van der Waals surface area contributed by atoms with E-state index in [2.05, 4.69) is 10.6 Å². The second-order valence-corrected chi connectivity index (χ2v) is 9.10. The van der Waals surface area contributed by atoms with Crippen LogP contribution in [0.3, 0.4) is 0 Å². The van der Waals surface area contributed by atoms with Crippen molar-refractivity contribution in [2.75, 3.05) is 13.1 Å². The first-order valence-electron chi connectivity index (χ1n) is 7.85. The summed E-state index contributed by atoms with van der Waals surface area (Å²) < 4.78 is 39.0. The maximum absolute atomic E-state index is 13.1. The van der Waals surface area contributed by atoms with Gasteiger partial charge in [0, 0.05) is 18.0 Å². The summed E-state index contributed by atoms with van der Waals surface area (Å²) in [5.74, 6) is -0.209. The topological polar surface area (TPSA) is 75.3 Å². The van der Waals surface area contributed by atoms with Crippen LogP contribution in [-0.4, -0.2) is 27.5 Å². The zero-order chi connectivity index (χ0) is 18.4. The zero-order valence-corrected chi connectivity index (χ0v) is 15.7. The molecule has 5 nitrogen and oxygen atoms in total. The maximum atomic E-state index is 13.1. The summed E-state index contributed by atoms with van der Waals surface area (Å²) in [5, 5.41) is 6.16. The summed E-state index contributed by atoms with van der Waals surface area (Å²) in [6.45, 7) is 4.37. The lowest BCUT2D eigenvalue weighted by molar-refractivity contribution is 0.239. The van der Waals surface area contributed by atoms with E-state index in [1.165, 1.54) is 23.5 Å². The Balaban J connectivity index is 2.19. The number of carbonyl (C=O) groups is 1. The van der Waals surface area contributed by atoms with Crippen LogP contribution in [0.15, 0.2) is 46.7 Å². The van der Waals surface area contributed by atoms with Gasteiger partial charge in [-0.25, -0.2) is 17.6 Å². The summed E-state index contributed by atoms with van der Waals surface area (Å²) in [6.07, 6.45) is 0. The summed E-state index contributed by atoms with van der Waals surface area (Å²) in [7, 11) is -3.77. The third kappa shape index (κ3) is 5.27. The van der Waals surface area contributed by atoms with Gasteiger partial charge in [-0.3, -0.25) is 0 Å². The number of rotatable bonds is 7. The number of urea groups is 1. The van der Waals surface area contributed by atoms with Crippen LogP contribution in [0.4, 0.5) is 9.18 Å². The molecule has 0 radical (unpaired) electrons. The quantitative estimate of drug-likeness (QED) is 0.719. The van der Waals surface area contributed by atoms with Crippen LogP contribution in [0.2, 0.25) is 0 Å². The van der Waals surface area contributed by atoms with Gasteiger partial charge in [0.05, 0.1) is 4.90 Å². The van der Waals surface area contributed by atoms with E-state index in [9.17, 15) is 17.6 Å². The highest BCUT2D eigenvalue weighted by Crippen LogP contribution is 2.31. The van der Waals surface area contributed by atoms with Crippen molar-refractivity contribution in [2.24, 2.45) is 5.92 Å². The van der Waals surface area contributed by atoms with Crippen LogP contribution in [0.25, 0.3) is 0 Å². The molecular weight excluding hydrogens is 363 g/mol. The normalized spacial score (nSPS) is 12.8. The Morgan fingerprint density at radius 3 is 2.32 bits per heavy atom. The van der Waals surface area contributed by atoms with Crippen molar-refractivity contribution in [3.05, 3.63) is 52.5 Å². The van der Waals surface area contributed by atoms with Gasteiger partial charge >= 0.3 is 6.03 Å². The minimum atomic E-state index is -3.77. The van der Waals surface area contributed by atoms with Gasteiger partial charge in [0.2, 0.25) is 0 Å². The lowest BCUT2D eigenvalue weighted by Gasteiger charge is -2.18. The van der Waals surface area contributed by atoms with Crippen LogP contribution in [0.5, 0.6) is 0 Å². The van der Waals surface area contributed by atoms with Crippen molar-refractivity contribution in [1.29, 1.82) is 0 Å². The fourth-order valence-electron chi connectivity index (χ4n) is 2.17.